The van der Waals surface area contributed by atoms with Crippen molar-refractivity contribution in [2.75, 3.05) is 11.9 Å². The van der Waals surface area contributed by atoms with E-state index in [2.05, 4.69) is 10.6 Å². The highest BCUT2D eigenvalue weighted by Gasteiger charge is 2.22. The minimum absolute atomic E-state index is 0.0539. The van der Waals surface area contributed by atoms with Gasteiger partial charge in [0, 0.05) is 18.7 Å². The van der Waals surface area contributed by atoms with Gasteiger partial charge in [-0.15, -0.1) is 0 Å². The average molecular weight is 280 g/mol. The monoisotopic (exact) mass is 280 g/mol. The summed E-state index contributed by atoms with van der Waals surface area (Å²) in [4.78, 5) is 32.8. The van der Waals surface area contributed by atoms with E-state index in [-0.39, 0.29) is 6.42 Å². The summed E-state index contributed by atoms with van der Waals surface area (Å²) in [5.41, 5.74) is 0.848. The van der Waals surface area contributed by atoms with Crippen molar-refractivity contribution in [2.24, 2.45) is 0 Å². The minimum atomic E-state index is -1.41. The van der Waals surface area contributed by atoms with Gasteiger partial charge in [-0.05, 0) is 12.1 Å². The Morgan fingerprint density at radius 2 is 1.75 bits per heavy atom. The Bertz CT molecular complexity index is 475. The molecular weight excluding hydrogens is 264 g/mol. The van der Waals surface area contributed by atoms with E-state index in [1.807, 2.05) is 30.3 Å². The number of aliphatic carboxylic acids is 2. The van der Waals surface area contributed by atoms with Crippen LogP contribution in [0.1, 0.15) is 12.8 Å². The highest BCUT2D eigenvalue weighted by molar-refractivity contribution is 5.86. The van der Waals surface area contributed by atoms with Crippen LogP contribution in [0.15, 0.2) is 30.3 Å². The number of carbonyl (C=O) groups excluding carboxylic acids is 1. The molecule has 1 atom stereocenters. The van der Waals surface area contributed by atoms with Gasteiger partial charge >= 0.3 is 11.9 Å². The third-order valence-corrected chi connectivity index (χ3v) is 2.47. The lowest BCUT2D eigenvalue weighted by molar-refractivity contribution is -0.147. The van der Waals surface area contributed by atoms with E-state index < -0.39 is 30.3 Å². The molecule has 0 bridgehead atoms. The molecule has 0 aliphatic carbocycles. The van der Waals surface area contributed by atoms with Crippen LogP contribution < -0.4 is 10.6 Å². The lowest BCUT2D eigenvalue weighted by Gasteiger charge is -2.12. The zero-order chi connectivity index (χ0) is 15.0. The molecular formula is C13H16N2O5. The Balaban J connectivity index is 2.35. The molecule has 0 aliphatic heterocycles. The van der Waals surface area contributed by atoms with Gasteiger partial charge in [0.25, 0.3) is 0 Å². The summed E-state index contributed by atoms with van der Waals surface area (Å²) in [5, 5.41) is 22.5. The highest BCUT2D eigenvalue weighted by Crippen LogP contribution is 2.04. The van der Waals surface area contributed by atoms with E-state index in [1.165, 1.54) is 0 Å². The SMILES string of the molecule is O=C(O)CC(NC(=O)CCNc1ccccc1)C(=O)O. The van der Waals surface area contributed by atoms with Crippen molar-refractivity contribution in [2.45, 2.75) is 18.9 Å². The number of anilines is 1. The van der Waals surface area contributed by atoms with Crippen LogP contribution in [0.25, 0.3) is 0 Å². The molecule has 1 aromatic carbocycles. The van der Waals surface area contributed by atoms with Crippen molar-refractivity contribution in [1.82, 2.24) is 5.32 Å². The first-order chi connectivity index (χ1) is 9.49. The molecule has 7 nitrogen and oxygen atoms in total. The highest BCUT2D eigenvalue weighted by atomic mass is 16.4. The number of hydrogen-bond acceptors (Lipinski definition) is 4. The second-order valence-electron chi connectivity index (χ2n) is 4.10. The average Bonchev–Trinajstić information content (AvgIpc) is 2.38. The first-order valence-corrected chi connectivity index (χ1v) is 6.02. The fourth-order valence-electron chi connectivity index (χ4n) is 1.52. The van der Waals surface area contributed by atoms with E-state index in [0.29, 0.717) is 6.54 Å². The smallest absolute Gasteiger partial charge is 0.326 e. The lowest BCUT2D eigenvalue weighted by Crippen LogP contribution is -2.42. The number of benzene rings is 1. The molecule has 0 fully saturated rings. The largest absolute Gasteiger partial charge is 0.481 e. The zero-order valence-corrected chi connectivity index (χ0v) is 10.7. The van der Waals surface area contributed by atoms with Crippen LogP contribution in [-0.4, -0.2) is 40.6 Å². The van der Waals surface area contributed by atoms with Crippen LogP contribution in [0.3, 0.4) is 0 Å². The molecule has 20 heavy (non-hydrogen) atoms. The van der Waals surface area contributed by atoms with Crippen molar-refractivity contribution in [1.29, 1.82) is 0 Å². The van der Waals surface area contributed by atoms with E-state index in [4.69, 9.17) is 10.2 Å². The molecule has 108 valence electrons. The normalized spacial score (nSPS) is 11.4. The number of rotatable bonds is 8. The van der Waals surface area contributed by atoms with Gasteiger partial charge in [-0.3, -0.25) is 9.59 Å². The summed E-state index contributed by atoms with van der Waals surface area (Å²) in [6.45, 7) is 0.329. The summed E-state index contributed by atoms with van der Waals surface area (Å²) < 4.78 is 0. The Morgan fingerprint density at radius 1 is 1.10 bits per heavy atom. The van der Waals surface area contributed by atoms with Crippen LogP contribution in [0.5, 0.6) is 0 Å². The molecule has 0 aliphatic rings. The topological polar surface area (TPSA) is 116 Å². The summed E-state index contributed by atoms with van der Waals surface area (Å²) in [6, 6.07) is 7.81. The second kappa shape index (κ2) is 7.78. The maximum Gasteiger partial charge on any atom is 0.326 e. The molecule has 0 spiro atoms. The van der Waals surface area contributed by atoms with Gasteiger partial charge in [0.05, 0.1) is 6.42 Å². The Morgan fingerprint density at radius 3 is 2.30 bits per heavy atom. The molecule has 1 amide bonds. The van der Waals surface area contributed by atoms with E-state index >= 15 is 0 Å². The minimum Gasteiger partial charge on any atom is -0.481 e. The summed E-state index contributed by atoms with van der Waals surface area (Å²) in [6.07, 6.45) is -0.592. The zero-order valence-electron chi connectivity index (χ0n) is 10.7. The van der Waals surface area contributed by atoms with Gasteiger partial charge in [-0.25, -0.2) is 4.79 Å². The Labute approximate surface area is 115 Å². The van der Waals surface area contributed by atoms with Gasteiger partial charge in [0.2, 0.25) is 5.91 Å². The number of carbonyl (C=O) groups is 3. The molecule has 0 aromatic heterocycles. The molecule has 1 unspecified atom stereocenters. The fourth-order valence-corrected chi connectivity index (χ4v) is 1.52. The molecule has 0 saturated heterocycles. The molecule has 1 rings (SSSR count). The molecule has 0 radical (unpaired) electrons. The molecule has 1 aromatic rings. The number of amides is 1. The van der Waals surface area contributed by atoms with Crippen LogP contribution in [0.2, 0.25) is 0 Å². The number of para-hydroxylation sites is 1. The van der Waals surface area contributed by atoms with E-state index in [0.717, 1.165) is 5.69 Å². The van der Waals surface area contributed by atoms with Crippen molar-refractivity contribution in [3.8, 4) is 0 Å². The number of carboxylic acid groups (broad SMARTS) is 2. The fraction of sp³-hybridized carbons (Fsp3) is 0.308. The van der Waals surface area contributed by atoms with Crippen LogP contribution in [0.4, 0.5) is 5.69 Å². The molecule has 4 N–H and O–H groups in total. The van der Waals surface area contributed by atoms with Gasteiger partial charge in [0.15, 0.2) is 0 Å². The van der Waals surface area contributed by atoms with Crippen LogP contribution in [0, 0.1) is 0 Å². The first-order valence-electron chi connectivity index (χ1n) is 6.02. The number of nitrogens with one attached hydrogen (secondary N) is 2. The van der Waals surface area contributed by atoms with Gasteiger partial charge in [0.1, 0.15) is 6.04 Å². The van der Waals surface area contributed by atoms with Crippen molar-refractivity contribution in [3.05, 3.63) is 30.3 Å². The molecule has 0 heterocycles. The van der Waals surface area contributed by atoms with Crippen LogP contribution in [-0.2, 0) is 14.4 Å². The molecule has 0 saturated carbocycles. The van der Waals surface area contributed by atoms with Crippen molar-refractivity contribution < 1.29 is 24.6 Å². The van der Waals surface area contributed by atoms with Crippen molar-refractivity contribution in [3.63, 3.8) is 0 Å². The quantitative estimate of drug-likeness (QED) is 0.552. The summed E-state index contributed by atoms with van der Waals surface area (Å²) in [5.74, 6) is -3.15. The van der Waals surface area contributed by atoms with E-state index in [1.54, 1.807) is 0 Å². The predicted molar refractivity (Wildman–Crippen MR) is 71.4 cm³/mol. The lowest BCUT2D eigenvalue weighted by atomic mass is 10.2. The van der Waals surface area contributed by atoms with E-state index in [9.17, 15) is 14.4 Å². The van der Waals surface area contributed by atoms with Crippen LogP contribution >= 0.6 is 0 Å². The summed E-state index contributed by atoms with van der Waals surface area (Å²) in [7, 11) is 0. The number of carboxylic acids is 2. The van der Waals surface area contributed by atoms with Gasteiger partial charge in [-0.2, -0.15) is 0 Å². The van der Waals surface area contributed by atoms with Gasteiger partial charge < -0.3 is 20.8 Å². The maximum absolute atomic E-state index is 11.5. The summed E-state index contributed by atoms with van der Waals surface area (Å²) >= 11 is 0. The third kappa shape index (κ3) is 5.85. The second-order valence-corrected chi connectivity index (χ2v) is 4.10. The van der Waals surface area contributed by atoms with Crippen molar-refractivity contribution >= 4 is 23.5 Å². The first kappa shape index (κ1) is 15.5. The number of hydrogen-bond donors (Lipinski definition) is 4. The predicted octanol–water partition coefficient (Wildman–Crippen LogP) is 0.533. The molecule has 7 heteroatoms. The van der Waals surface area contributed by atoms with Gasteiger partial charge in [-0.1, -0.05) is 18.2 Å². The Kier molecular flexibility index (Phi) is 6.02. The Hall–Kier alpha value is -2.57. The standard InChI is InChI=1S/C13H16N2O5/c16-11(15-10(13(19)20)8-12(17)18)6-7-14-9-4-2-1-3-5-9/h1-5,10,14H,6-8H2,(H,15,16)(H,17,18)(H,19,20). The maximum atomic E-state index is 11.5. The third-order valence-electron chi connectivity index (χ3n) is 2.47.